The van der Waals surface area contributed by atoms with Crippen molar-refractivity contribution in [3.63, 3.8) is 0 Å². The minimum absolute atomic E-state index is 0.0191. The SMILES string of the molecule is CCOC(=O)C1C(OC(=O)c2cc(C)cc(C)c2C)CC(OC(=O)c2cc(C)cc(C)c2C)CC1OC(=O)c1cc(C)cc(C)c1C.CCOC(=O)C1CC(OC(=O)c2cc(C)cc(C)c2C)CC(OC(=O)c2cc(C)cc(C)c2C)C1.Cc1cc(C)c(C)c(C(=O)OC23CC4CC(OC(=O)c5c(C)ccc(C)c5C)(C2)CC(C(=O)OCC(F)(F)S(=O)(=O)[O-])(C4)C3)c1.O=S([O-])[O-].O=S([O-])[O-]. The highest BCUT2D eigenvalue weighted by Gasteiger charge is 2.70. The van der Waals surface area contributed by atoms with Gasteiger partial charge in [-0.2, -0.15) is 8.78 Å². The van der Waals surface area contributed by atoms with Crippen molar-refractivity contribution in [2.45, 2.75) is 277 Å². The van der Waals surface area contributed by atoms with Crippen molar-refractivity contribution in [1.82, 2.24) is 0 Å². The first-order valence-electron chi connectivity index (χ1n) is 44.2. The Balaban J connectivity index is 0.000000241. The molecule has 6 aliphatic carbocycles. The molecule has 135 heavy (non-hydrogen) atoms. The van der Waals surface area contributed by atoms with Crippen molar-refractivity contribution < 1.29 is 144 Å². The second kappa shape index (κ2) is 45.4. The summed E-state index contributed by atoms with van der Waals surface area (Å²) < 4.78 is 170. The molecule has 0 spiro atoms. The summed E-state index contributed by atoms with van der Waals surface area (Å²) in [5.41, 5.74) is 17.0. The van der Waals surface area contributed by atoms with Crippen LogP contribution < -0.4 is 0 Å². The van der Waals surface area contributed by atoms with Crippen LogP contribution in [0.1, 0.15) is 274 Å². The van der Waals surface area contributed by atoms with E-state index in [4.69, 9.17) is 74.0 Å². The quantitative estimate of drug-likeness (QED) is 0.0263. The zero-order valence-electron chi connectivity index (χ0n) is 80.4. The van der Waals surface area contributed by atoms with Gasteiger partial charge in [-0.1, -0.05) is 48.5 Å². The van der Waals surface area contributed by atoms with Crippen molar-refractivity contribution in [2.24, 2.45) is 23.2 Å². The number of benzene rings is 7. The molecule has 7 aromatic rings. The summed E-state index contributed by atoms with van der Waals surface area (Å²) in [7, 11) is -6.09. The molecule has 0 aromatic heterocycles. The van der Waals surface area contributed by atoms with Gasteiger partial charge in [-0.3, -0.25) is 22.8 Å². The fourth-order valence-corrected chi connectivity index (χ4v) is 19.5. The van der Waals surface area contributed by atoms with Crippen LogP contribution in [0.15, 0.2) is 84.9 Å². The van der Waals surface area contributed by atoms with E-state index in [0.29, 0.717) is 76.6 Å². The number of hydrogen-bond donors (Lipinski definition) is 0. The van der Waals surface area contributed by atoms with Crippen LogP contribution in [0.25, 0.3) is 0 Å². The summed E-state index contributed by atoms with van der Waals surface area (Å²) in [4.78, 5) is 134. The van der Waals surface area contributed by atoms with E-state index in [0.717, 1.165) is 111 Å². The standard InChI is InChI=1S/C39H46O8.C33H38F2O9S.C29H36O6.2H2O3S/c1-11-44-39(43)35-33(46-37(41)31-16-21(3)13-24(6)27(31)9)18-29(45-36(40)30-15-20(2)12-23(5)26(30)8)19-34(35)47-38(42)32-17-22(4)14-25(7)28(32)10;1-18-9-21(4)22(5)25(10-18)27(36)43-31-12-24-11-30(14-31,29(38)42-17-33(34,35)45(39,40)41)15-32(13-24,16-31)44-28(37)26-20(3)8-7-19(2)23(26)6;1-8-33-27(30)22-13-23(34-28(31)25-11-16(2)9-18(4)20(25)6)15-24(14-22)35-29(32)26-12-17(3)10-19(5)21(26)7;2*1-4(2)3/h12-17,29,33-35H,11,18-19H2,1-10H3;7-10,24H,11-17H2,1-6H3,(H,39,40,41);9-12,22-24H,8,13-15H2,1-7H3;2*(H2,1,2,3)/p-5. The monoisotopic (exact) mass is 1930 g/mol. The van der Waals surface area contributed by atoms with Crippen LogP contribution in [-0.4, -0.2) is 166 Å². The Kier molecular flexibility index (Phi) is 36.8. The van der Waals surface area contributed by atoms with Crippen molar-refractivity contribution >= 4 is 92.5 Å². The van der Waals surface area contributed by atoms with Crippen LogP contribution in [0.3, 0.4) is 0 Å². The Bertz CT molecular complexity index is 5720. The fourth-order valence-electron chi connectivity index (χ4n) is 19.3. The molecule has 13 rings (SSSR count). The Morgan fingerprint density at radius 3 is 1.00 bits per heavy atom. The molecule has 0 radical (unpaired) electrons. The van der Waals surface area contributed by atoms with Crippen molar-refractivity contribution in [3.05, 3.63) is 241 Å². The smallest absolute Gasteiger partial charge is 0.367 e. The van der Waals surface area contributed by atoms with Gasteiger partial charge in [0.15, 0.2) is 16.7 Å². The highest BCUT2D eigenvalue weighted by Crippen LogP contribution is 2.66. The Morgan fingerprint density at radius 1 is 0.378 bits per heavy atom. The lowest BCUT2D eigenvalue weighted by molar-refractivity contribution is -0.238. The molecular formula is C101H119F2O29S3-5. The number of hydrogen-bond acceptors (Lipinski definition) is 29. The molecule has 0 N–H and O–H groups in total. The first kappa shape index (κ1) is 109. The summed E-state index contributed by atoms with van der Waals surface area (Å²) >= 11 is -6.22. The number of rotatable bonds is 22. The summed E-state index contributed by atoms with van der Waals surface area (Å²) in [6, 6.07) is 26.2. The number of halogens is 2. The van der Waals surface area contributed by atoms with Crippen LogP contribution in [0, 0.1) is 169 Å². The number of ether oxygens (including phenoxy) is 10. The van der Waals surface area contributed by atoms with Gasteiger partial charge in [-0.25, -0.2) is 42.0 Å². The van der Waals surface area contributed by atoms with Gasteiger partial charge in [0.1, 0.15) is 47.6 Å². The molecule has 7 aromatic carbocycles. The van der Waals surface area contributed by atoms with Gasteiger partial charge in [0.25, 0.3) is 0 Å². The van der Waals surface area contributed by atoms with Gasteiger partial charge in [0.05, 0.1) is 63.5 Å². The molecule has 29 nitrogen and oxygen atoms in total. The van der Waals surface area contributed by atoms with E-state index in [9.17, 15) is 69.7 Å². The van der Waals surface area contributed by atoms with E-state index in [-0.39, 0.29) is 63.6 Å². The van der Waals surface area contributed by atoms with E-state index >= 15 is 0 Å². The van der Waals surface area contributed by atoms with Crippen molar-refractivity contribution in [3.8, 4) is 0 Å². The summed E-state index contributed by atoms with van der Waals surface area (Å²) in [6.07, 6.45) is -2.35. The van der Waals surface area contributed by atoms with Gasteiger partial charge in [0, 0.05) is 38.5 Å². The molecule has 34 heteroatoms. The summed E-state index contributed by atoms with van der Waals surface area (Å²) in [6.45, 7) is 41.3. The first-order chi connectivity index (χ1) is 62.8. The van der Waals surface area contributed by atoms with Crippen LogP contribution in [-0.2, 0) is 94.6 Å². The molecule has 6 fully saturated rings. The highest BCUT2D eigenvalue weighted by molar-refractivity contribution is 7.86. The molecule has 6 aliphatic rings. The molecule has 8 atom stereocenters. The average molecular weight is 1930 g/mol. The van der Waals surface area contributed by atoms with Gasteiger partial charge in [0.2, 0.25) is 0 Å². The molecule has 8 unspecified atom stereocenters. The van der Waals surface area contributed by atoms with Crippen LogP contribution in [0.5, 0.6) is 0 Å². The molecule has 0 saturated heterocycles. The number of esters is 10. The van der Waals surface area contributed by atoms with Crippen LogP contribution in [0.2, 0.25) is 0 Å². The first-order valence-corrected chi connectivity index (χ1v) is 47.6. The molecule has 6 saturated carbocycles. The third-order valence-corrected chi connectivity index (χ3v) is 26.9. The molecular weight excluding hydrogens is 1810 g/mol. The van der Waals surface area contributed by atoms with E-state index < -0.39 is 157 Å². The number of carbonyl (C=O) groups is 10. The zero-order valence-corrected chi connectivity index (χ0v) is 82.9. The van der Waals surface area contributed by atoms with Crippen LogP contribution in [0.4, 0.5) is 8.78 Å². The normalized spacial score (nSPS) is 21.4. The van der Waals surface area contributed by atoms with Gasteiger partial charge in [-0.15, -0.1) is 22.7 Å². The topological polar surface area (TPSA) is 447 Å². The predicted octanol–water partition coefficient (Wildman–Crippen LogP) is 16.7. The Morgan fingerprint density at radius 2 is 0.674 bits per heavy atom. The molecule has 734 valence electrons. The van der Waals surface area contributed by atoms with Crippen molar-refractivity contribution in [2.75, 3.05) is 19.8 Å². The summed E-state index contributed by atoms with van der Waals surface area (Å²) in [5, 5.41) is -4.83. The zero-order chi connectivity index (χ0) is 101. The second-order valence-electron chi connectivity index (χ2n) is 36.6. The maximum Gasteiger partial charge on any atom is 0.367 e. The number of alkyl halides is 2. The summed E-state index contributed by atoms with van der Waals surface area (Å²) in [5.74, 6) is -8.03. The lowest BCUT2D eigenvalue weighted by Crippen LogP contribution is -2.67. The lowest BCUT2D eigenvalue weighted by Gasteiger charge is -2.63. The van der Waals surface area contributed by atoms with Gasteiger partial charge in [-0.05, 0) is 350 Å². The lowest BCUT2D eigenvalue weighted by atomic mass is 9.46. The average Bonchev–Trinajstić information content (AvgIpc) is 0.692. The number of aryl methyl sites for hydroxylation is 14. The maximum absolute atomic E-state index is 14.0. The molecule has 0 heterocycles. The van der Waals surface area contributed by atoms with E-state index in [1.165, 1.54) is 0 Å². The maximum atomic E-state index is 14.0. The van der Waals surface area contributed by atoms with E-state index in [1.807, 2.05) is 179 Å². The van der Waals surface area contributed by atoms with Gasteiger partial charge < -0.3 is 70.1 Å². The van der Waals surface area contributed by atoms with Crippen molar-refractivity contribution in [1.29, 1.82) is 0 Å². The minimum Gasteiger partial charge on any atom is -0.784 e. The fraction of sp³-hybridized carbons (Fsp3) is 0.485. The van der Waals surface area contributed by atoms with E-state index in [1.54, 1.807) is 65.0 Å². The van der Waals surface area contributed by atoms with Gasteiger partial charge >= 0.3 is 64.9 Å². The third-order valence-electron chi connectivity index (χ3n) is 26.0. The number of carbonyl (C=O) groups excluding carboxylic acids is 10. The molecule has 0 aliphatic heterocycles. The van der Waals surface area contributed by atoms with Crippen LogP contribution >= 0.6 is 0 Å². The third kappa shape index (κ3) is 27.5. The Labute approximate surface area is 792 Å². The largest absolute Gasteiger partial charge is 0.784 e. The Hall–Kier alpha value is -10.8. The second-order valence-corrected chi connectivity index (χ2v) is 38.9. The predicted molar refractivity (Wildman–Crippen MR) is 489 cm³/mol. The molecule has 4 bridgehead atoms. The molecule has 0 amide bonds. The minimum atomic E-state index is -6.09. The highest BCUT2D eigenvalue weighted by atomic mass is 32.2. The van der Waals surface area contributed by atoms with E-state index in [2.05, 4.69) is 0 Å².